The third kappa shape index (κ3) is 2.62. The first-order chi connectivity index (χ1) is 11.8. The molecule has 1 N–H and O–H groups in total. The van der Waals surface area contributed by atoms with Crippen LogP contribution >= 0.6 is 23.8 Å². The SMILES string of the molecule is S=c1[nH]nc(C2=C(Cl)c3ccccc3CCC2)n1-c1ccccc1. The summed E-state index contributed by atoms with van der Waals surface area (Å²) in [5.41, 5.74) is 4.41. The van der Waals surface area contributed by atoms with Crippen LogP contribution in [-0.4, -0.2) is 14.8 Å². The maximum Gasteiger partial charge on any atom is 0.200 e. The maximum absolute atomic E-state index is 6.80. The van der Waals surface area contributed by atoms with Gasteiger partial charge in [0.15, 0.2) is 10.6 Å². The van der Waals surface area contributed by atoms with Crippen molar-refractivity contribution in [1.82, 2.24) is 14.8 Å². The van der Waals surface area contributed by atoms with Gasteiger partial charge in [-0.05, 0) is 54.7 Å². The van der Waals surface area contributed by atoms with E-state index >= 15 is 0 Å². The van der Waals surface area contributed by atoms with E-state index in [1.807, 2.05) is 41.0 Å². The van der Waals surface area contributed by atoms with Gasteiger partial charge >= 0.3 is 0 Å². The Bertz CT molecular complexity index is 970. The molecule has 0 amide bonds. The summed E-state index contributed by atoms with van der Waals surface area (Å²) in [5.74, 6) is 0.799. The molecule has 1 aliphatic carbocycles. The highest BCUT2D eigenvalue weighted by molar-refractivity contribution is 7.71. The van der Waals surface area contributed by atoms with E-state index in [2.05, 4.69) is 28.4 Å². The molecular weight excluding hydrogens is 338 g/mol. The summed E-state index contributed by atoms with van der Waals surface area (Å²) in [6.45, 7) is 0. The minimum atomic E-state index is 0.575. The van der Waals surface area contributed by atoms with Gasteiger partial charge in [-0.25, -0.2) is 0 Å². The second-order valence-corrected chi connectivity index (χ2v) is 6.59. The fourth-order valence-corrected chi connectivity index (χ4v) is 3.81. The number of rotatable bonds is 2. The number of aromatic nitrogens is 3. The van der Waals surface area contributed by atoms with Crippen LogP contribution in [0.5, 0.6) is 0 Å². The van der Waals surface area contributed by atoms with Crippen LogP contribution in [0.1, 0.15) is 29.8 Å². The minimum Gasteiger partial charge on any atom is -0.268 e. The molecule has 1 aliphatic rings. The van der Waals surface area contributed by atoms with Crippen LogP contribution in [0.25, 0.3) is 16.3 Å². The van der Waals surface area contributed by atoms with E-state index in [0.717, 1.165) is 46.9 Å². The van der Waals surface area contributed by atoms with Crippen LogP contribution < -0.4 is 0 Å². The number of nitrogens with one attached hydrogen (secondary N) is 1. The summed E-state index contributed by atoms with van der Waals surface area (Å²) in [5, 5.41) is 8.18. The van der Waals surface area contributed by atoms with Gasteiger partial charge in [-0.3, -0.25) is 9.67 Å². The third-order valence-corrected chi connectivity index (χ3v) is 5.05. The van der Waals surface area contributed by atoms with Crippen LogP contribution in [-0.2, 0) is 6.42 Å². The Morgan fingerprint density at radius 1 is 1.00 bits per heavy atom. The van der Waals surface area contributed by atoms with Gasteiger partial charge in [0.1, 0.15) is 0 Å². The highest BCUT2D eigenvalue weighted by atomic mass is 35.5. The van der Waals surface area contributed by atoms with Crippen molar-refractivity contribution in [1.29, 1.82) is 0 Å². The summed E-state index contributed by atoms with van der Waals surface area (Å²) in [6, 6.07) is 18.3. The lowest BCUT2D eigenvalue weighted by atomic mass is 10.0. The van der Waals surface area contributed by atoms with Crippen molar-refractivity contribution in [3.63, 3.8) is 0 Å². The number of hydrogen-bond acceptors (Lipinski definition) is 2. The van der Waals surface area contributed by atoms with Crippen LogP contribution in [0.3, 0.4) is 0 Å². The molecule has 0 saturated heterocycles. The highest BCUT2D eigenvalue weighted by Gasteiger charge is 2.21. The van der Waals surface area contributed by atoms with Gasteiger partial charge in [-0.1, -0.05) is 54.1 Å². The summed E-state index contributed by atoms with van der Waals surface area (Å²) in [7, 11) is 0. The van der Waals surface area contributed by atoms with E-state index in [9.17, 15) is 0 Å². The molecule has 3 nitrogen and oxygen atoms in total. The fraction of sp³-hybridized carbons (Fsp3) is 0.158. The number of fused-ring (bicyclic) bond motifs is 1. The number of benzene rings is 2. The number of halogens is 1. The number of aryl methyl sites for hydroxylation is 1. The average molecular weight is 354 g/mol. The summed E-state index contributed by atoms with van der Waals surface area (Å²) in [4.78, 5) is 0. The molecule has 1 aromatic heterocycles. The first-order valence-electron chi connectivity index (χ1n) is 7.96. The molecule has 0 fully saturated rings. The molecule has 3 aromatic rings. The van der Waals surface area contributed by atoms with E-state index in [1.165, 1.54) is 5.56 Å². The van der Waals surface area contributed by atoms with Crippen LogP contribution in [0, 0.1) is 4.77 Å². The second-order valence-electron chi connectivity index (χ2n) is 5.83. The predicted molar refractivity (Wildman–Crippen MR) is 101 cm³/mol. The topological polar surface area (TPSA) is 33.6 Å². The molecule has 5 heteroatoms. The van der Waals surface area contributed by atoms with Crippen molar-refractivity contribution in [3.8, 4) is 5.69 Å². The lowest BCUT2D eigenvalue weighted by molar-refractivity contribution is 0.848. The monoisotopic (exact) mass is 353 g/mol. The number of para-hydroxylation sites is 1. The minimum absolute atomic E-state index is 0.575. The lowest BCUT2D eigenvalue weighted by Gasteiger charge is -2.11. The Morgan fingerprint density at radius 3 is 2.58 bits per heavy atom. The lowest BCUT2D eigenvalue weighted by Crippen LogP contribution is -2.02. The Hall–Kier alpha value is -2.17. The number of hydrogen-bond donors (Lipinski definition) is 1. The van der Waals surface area contributed by atoms with Crippen molar-refractivity contribution >= 4 is 34.4 Å². The molecule has 120 valence electrons. The second kappa shape index (κ2) is 6.38. The molecule has 0 atom stereocenters. The summed E-state index contributed by atoms with van der Waals surface area (Å²) >= 11 is 12.3. The molecule has 0 bridgehead atoms. The molecule has 0 unspecified atom stereocenters. The zero-order valence-electron chi connectivity index (χ0n) is 13.0. The highest BCUT2D eigenvalue weighted by Crippen LogP contribution is 2.37. The van der Waals surface area contributed by atoms with Gasteiger partial charge in [-0.15, -0.1) is 0 Å². The molecule has 0 spiro atoms. The zero-order chi connectivity index (χ0) is 16.5. The molecule has 4 rings (SSSR count). The van der Waals surface area contributed by atoms with Gasteiger partial charge in [0.25, 0.3) is 0 Å². The van der Waals surface area contributed by atoms with E-state index < -0.39 is 0 Å². The van der Waals surface area contributed by atoms with Crippen molar-refractivity contribution < 1.29 is 0 Å². The zero-order valence-corrected chi connectivity index (χ0v) is 14.6. The molecule has 0 aliphatic heterocycles. The van der Waals surface area contributed by atoms with E-state index in [-0.39, 0.29) is 0 Å². The Labute approximate surface area is 150 Å². The van der Waals surface area contributed by atoms with E-state index in [0.29, 0.717) is 4.77 Å². The number of nitrogens with zero attached hydrogens (tertiary/aromatic N) is 2. The first-order valence-corrected chi connectivity index (χ1v) is 8.74. The summed E-state index contributed by atoms with van der Waals surface area (Å²) < 4.78 is 2.53. The van der Waals surface area contributed by atoms with Crippen LogP contribution in [0.15, 0.2) is 54.6 Å². The molecule has 1 heterocycles. The maximum atomic E-state index is 6.80. The Kier molecular flexibility index (Phi) is 4.08. The predicted octanol–water partition coefficient (Wildman–Crippen LogP) is 5.37. The van der Waals surface area contributed by atoms with E-state index in [4.69, 9.17) is 23.8 Å². The molecule has 0 radical (unpaired) electrons. The van der Waals surface area contributed by atoms with Gasteiger partial charge in [-0.2, -0.15) is 5.10 Å². The van der Waals surface area contributed by atoms with Gasteiger partial charge < -0.3 is 0 Å². The number of H-pyrrole nitrogens is 1. The standard InChI is InChI=1S/C19H16ClN3S/c20-17-15-11-5-4-7-13(15)8-6-12-16(17)18-21-22-19(24)23(18)14-9-2-1-3-10-14/h1-5,7,9-11H,6,8,12H2,(H,22,24). The smallest absolute Gasteiger partial charge is 0.200 e. The number of allylic oxidation sites excluding steroid dienone is 1. The third-order valence-electron chi connectivity index (χ3n) is 4.35. The largest absolute Gasteiger partial charge is 0.268 e. The van der Waals surface area contributed by atoms with E-state index in [1.54, 1.807) is 0 Å². The molecular formula is C19H16ClN3S. The fourth-order valence-electron chi connectivity index (χ4n) is 3.21. The van der Waals surface area contributed by atoms with Crippen molar-refractivity contribution in [2.75, 3.05) is 0 Å². The van der Waals surface area contributed by atoms with Gasteiger partial charge in [0.2, 0.25) is 0 Å². The quantitative estimate of drug-likeness (QED) is 0.628. The summed E-state index contributed by atoms with van der Waals surface area (Å²) in [6.07, 6.45) is 2.93. The molecule has 0 saturated carbocycles. The Balaban J connectivity index is 1.93. The number of aromatic amines is 1. The Morgan fingerprint density at radius 2 is 1.75 bits per heavy atom. The van der Waals surface area contributed by atoms with Crippen molar-refractivity contribution in [3.05, 3.63) is 76.3 Å². The molecule has 2 aromatic carbocycles. The van der Waals surface area contributed by atoms with Crippen molar-refractivity contribution in [2.24, 2.45) is 0 Å². The van der Waals surface area contributed by atoms with Crippen LogP contribution in [0.4, 0.5) is 0 Å². The molecule has 24 heavy (non-hydrogen) atoms. The normalized spacial score (nSPS) is 14.4. The first kappa shape index (κ1) is 15.4. The van der Waals surface area contributed by atoms with Gasteiger partial charge in [0, 0.05) is 11.3 Å². The van der Waals surface area contributed by atoms with Crippen LogP contribution in [0.2, 0.25) is 0 Å². The van der Waals surface area contributed by atoms with Crippen molar-refractivity contribution in [2.45, 2.75) is 19.3 Å². The van der Waals surface area contributed by atoms with Gasteiger partial charge in [0.05, 0.1) is 5.03 Å². The average Bonchev–Trinajstić information content (AvgIpc) is 2.92.